The maximum atomic E-state index is 11.8. The highest BCUT2D eigenvalue weighted by Gasteiger charge is 2.15. The lowest BCUT2D eigenvalue weighted by Gasteiger charge is -2.20. The number of aryl methyl sites for hydroxylation is 1. The van der Waals surface area contributed by atoms with Crippen LogP contribution < -0.4 is 0 Å². The Kier molecular flexibility index (Phi) is 6.81. The standard InChI is InChI=1S/C15H22ClNO/c1-13(12-16)15(18)17(2)11-7-6-10-14-8-4-3-5-9-14/h3-5,8-9,13H,6-7,10-12H2,1-2H3. The number of hydrogen-bond acceptors (Lipinski definition) is 1. The second-order valence-electron chi connectivity index (χ2n) is 4.76. The molecule has 0 spiro atoms. The van der Waals surface area contributed by atoms with E-state index in [2.05, 4.69) is 24.3 Å². The smallest absolute Gasteiger partial charge is 0.226 e. The number of alkyl halides is 1. The van der Waals surface area contributed by atoms with Gasteiger partial charge in [0.05, 0.1) is 0 Å². The van der Waals surface area contributed by atoms with Gasteiger partial charge in [0.2, 0.25) is 5.91 Å². The second kappa shape index (κ2) is 8.15. The number of unbranched alkanes of at least 4 members (excludes halogenated alkanes) is 1. The van der Waals surface area contributed by atoms with Crippen molar-refractivity contribution in [2.24, 2.45) is 5.92 Å². The largest absolute Gasteiger partial charge is 0.345 e. The molecule has 0 bridgehead atoms. The highest BCUT2D eigenvalue weighted by molar-refractivity contribution is 6.19. The Morgan fingerprint density at radius 2 is 1.94 bits per heavy atom. The minimum atomic E-state index is -0.0780. The van der Waals surface area contributed by atoms with Gasteiger partial charge in [0, 0.05) is 25.4 Å². The summed E-state index contributed by atoms with van der Waals surface area (Å²) in [6, 6.07) is 10.4. The Hall–Kier alpha value is -1.02. The Morgan fingerprint density at radius 1 is 1.28 bits per heavy atom. The van der Waals surface area contributed by atoms with Gasteiger partial charge in [-0.2, -0.15) is 0 Å². The summed E-state index contributed by atoms with van der Waals surface area (Å²) < 4.78 is 0. The summed E-state index contributed by atoms with van der Waals surface area (Å²) in [5.41, 5.74) is 1.36. The van der Waals surface area contributed by atoms with Crippen LogP contribution in [-0.4, -0.2) is 30.3 Å². The summed E-state index contributed by atoms with van der Waals surface area (Å²) >= 11 is 5.68. The van der Waals surface area contributed by atoms with Crippen molar-refractivity contribution in [3.05, 3.63) is 35.9 Å². The van der Waals surface area contributed by atoms with Crippen LogP contribution in [0, 0.1) is 5.92 Å². The van der Waals surface area contributed by atoms with Crippen molar-refractivity contribution in [3.8, 4) is 0 Å². The zero-order chi connectivity index (χ0) is 13.4. The van der Waals surface area contributed by atoms with Gasteiger partial charge in [0.15, 0.2) is 0 Å². The molecular weight excluding hydrogens is 246 g/mol. The first-order chi connectivity index (χ1) is 8.65. The van der Waals surface area contributed by atoms with Crippen LogP contribution >= 0.6 is 11.6 Å². The van der Waals surface area contributed by atoms with Gasteiger partial charge in [-0.05, 0) is 24.8 Å². The number of nitrogens with zero attached hydrogens (tertiary/aromatic N) is 1. The van der Waals surface area contributed by atoms with E-state index in [1.807, 2.05) is 20.0 Å². The van der Waals surface area contributed by atoms with E-state index < -0.39 is 0 Å². The molecule has 3 heteroatoms. The first kappa shape index (κ1) is 15.0. The topological polar surface area (TPSA) is 20.3 Å². The van der Waals surface area contributed by atoms with E-state index >= 15 is 0 Å². The van der Waals surface area contributed by atoms with Gasteiger partial charge in [-0.1, -0.05) is 37.3 Å². The van der Waals surface area contributed by atoms with E-state index in [0.29, 0.717) is 5.88 Å². The highest BCUT2D eigenvalue weighted by Crippen LogP contribution is 2.07. The van der Waals surface area contributed by atoms with Crippen LogP contribution in [-0.2, 0) is 11.2 Å². The van der Waals surface area contributed by atoms with Crippen molar-refractivity contribution in [1.29, 1.82) is 0 Å². The van der Waals surface area contributed by atoms with Gasteiger partial charge in [-0.3, -0.25) is 4.79 Å². The van der Waals surface area contributed by atoms with Crippen molar-refractivity contribution in [3.63, 3.8) is 0 Å². The molecule has 18 heavy (non-hydrogen) atoms. The lowest BCUT2D eigenvalue weighted by molar-refractivity contribution is -0.133. The summed E-state index contributed by atoms with van der Waals surface area (Å²) in [4.78, 5) is 13.6. The fourth-order valence-electron chi connectivity index (χ4n) is 1.88. The molecule has 0 aliphatic carbocycles. The highest BCUT2D eigenvalue weighted by atomic mass is 35.5. The van der Waals surface area contributed by atoms with E-state index in [1.165, 1.54) is 5.56 Å². The molecule has 0 aliphatic heterocycles. The van der Waals surface area contributed by atoms with Crippen LogP contribution in [0.3, 0.4) is 0 Å². The van der Waals surface area contributed by atoms with E-state index in [0.717, 1.165) is 25.8 Å². The van der Waals surface area contributed by atoms with Gasteiger partial charge in [-0.15, -0.1) is 11.6 Å². The Balaban J connectivity index is 2.20. The molecule has 100 valence electrons. The molecule has 0 saturated heterocycles. The molecule has 2 nitrogen and oxygen atoms in total. The maximum absolute atomic E-state index is 11.8. The first-order valence-corrected chi connectivity index (χ1v) is 7.03. The Bertz CT molecular complexity index is 353. The number of benzene rings is 1. The van der Waals surface area contributed by atoms with Gasteiger partial charge < -0.3 is 4.90 Å². The van der Waals surface area contributed by atoms with Crippen LogP contribution in [0.4, 0.5) is 0 Å². The lowest BCUT2D eigenvalue weighted by Crippen LogP contribution is -2.33. The van der Waals surface area contributed by atoms with Crippen molar-refractivity contribution >= 4 is 17.5 Å². The molecule has 1 amide bonds. The third-order valence-corrected chi connectivity index (χ3v) is 3.54. The SMILES string of the molecule is CC(CCl)C(=O)N(C)CCCCc1ccccc1. The number of amides is 1. The minimum Gasteiger partial charge on any atom is -0.345 e. The molecule has 0 heterocycles. The van der Waals surface area contributed by atoms with Gasteiger partial charge in [0.25, 0.3) is 0 Å². The number of rotatable bonds is 7. The zero-order valence-electron chi connectivity index (χ0n) is 11.2. The second-order valence-corrected chi connectivity index (χ2v) is 5.07. The average Bonchev–Trinajstić information content (AvgIpc) is 2.42. The molecule has 1 rings (SSSR count). The van der Waals surface area contributed by atoms with E-state index in [-0.39, 0.29) is 11.8 Å². The van der Waals surface area contributed by atoms with Crippen molar-refractivity contribution in [2.45, 2.75) is 26.2 Å². The number of hydrogen-bond donors (Lipinski definition) is 0. The molecule has 0 radical (unpaired) electrons. The Morgan fingerprint density at radius 3 is 2.56 bits per heavy atom. The molecule has 0 saturated carbocycles. The predicted octanol–water partition coefficient (Wildman–Crippen LogP) is 3.34. The minimum absolute atomic E-state index is 0.0780. The van der Waals surface area contributed by atoms with Crippen LogP contribution in [0.1, 0.15) is 25.3 Å². The third kappa shape index (κ3) is 5.09. The molecule has 1 aromatic rings. The van der Waals surface area contributed by atoms with Crippen molar-refractivity contribution < 1.29 is 4.79 Å². The summed E-state index contributed by atoms with van der Waals surface area (Å²) in [6.07, 6.45) is 3.22. The maximum Gasteiger partial charge on any atom is 0.226 e. The van der Waals surface area contributed by atoms with E-state index in [1.54, 1.807) is 4.90 Å². The van der Waals surface area contributed by atoms with Crippen LogP contribution in [0.25, 0.3) is 0 Å². The summed E-state index contributed by atoms with van der Waals surface area (Å²) in [5.74, 6) is 0.461. The molecule has 0 aliphatic rings. The normalized spacial score (nSPS) is 12.2. The molecule has 1 unspecified atom stereocenters. The van der Waals surface area contributed by atoms with Crippen molar-refractivity contribution in [2.75, 3.05) is 19.5 Å². The number of halogens is 1. The third-order valence-electron chi connectivity index (χ3n) is 3.08. The van der Waals surface area contributed by atoms with Crippen molar-refractivity contribution in [1.82, 2.24) is 4.90 Å². The lowest BCUT2D eigenvalue weighted by atomic mass is 10.1. The molecule has 0 fully saturated rings. The van der Waals surface area contributed by atoms with Gasteiger partial charge in [0.1, 0.15) is 0 Å². The van der Waals surface area contributed by atoms with Crippen LogP contribution in [0.15, 0.2) is 30.3 Å². The molecular formula is C15H22ClNO. The fourth-order valence-corrected chi connectivity index (χ4v) is 2.01. The predicted molar refractivity (Wildman–Crippen MR) is 76.9 cm³/mol. The van der Waals surface area contributed by atoms with Crippen LogP contribution in [0.5, 0.6) is 0 Å². The van der Waals surface area contributed by atoms with E-state index in [9.17, 15) is 4.79 Å². The van der Waals surface area contributed by atoms with Gasteiger partial charge >= 0.3 is 0 Å². The summed E-state index contributed by atoms with van der Waals surface area (Å²) in [5, 5.41) is 0. The molecule has 1 aromatic carbocycles. The molecule has 0 N–H and O–H groups in total. The summed E-state index contributed by atoms with van der Waals surface area (Å²) in [6.45, 7) is 2.68. The Labute approximate surface area is 115 Å². The molecule has 1 atom stereocenters. The fraction of sp³-hybridized carbons (Fsp3) is 0.533. The average molecular weight is 268 g/mol. The monoisotopic (exact) mass is 267 g/mol. The quantitative estimate of drug-likeness (QED) is 0.548. The number of carbonyl (C=O) groups is 1. The number of carbonyl (C=O) groups excluding carboxylic acids is 1. The summed E-state index contributed by atoms with van der Waals surface area (Å²) in [7, 11) is 1.86. The van der Waals surface area contributed by atoms with Crippen LogP contribution in [0.2, 0.25) is 0 Å². The van der Waals surface area contributed by atoms with Gasteiger partial charge in [-0.25, -0.2) is 0 Å². The van der Waals surface area contributed by atoms with E-state index in [4.69, 9.17) is 11.6 Å². The zero-order valence-corrected chi connectivity index (χ0v) is 12.0. The molecule has 0 aromatic heterocycles. The first-order valence-electron chi connectivity index (χ1n) is 6.50.